The Labute approximate surface area is 139 Å². The van der Waals surface area contributed by atoms with Crippen LogP contribution in [0.15, 0.2) is 47.5 Å². The molecule has 2 N–H and O–H groups in total. The molecule has 0 aliphatic heterocycles. The molecule has 0 unspecified atom stereocenters. The van der Waals surface area contributed by atoms with E-state index < -0.39 is 0 Å². The van der Waals surface area contributed by atoms with Crippen LogP contribution in [0, 0.1) is 0 Å². The highest BCUT2D eigenvalue weighted by Crippen LogP contribution is 2.27. The summed E-state index contributed by atoms with van der Waals surface area (Å²) >= 11 is 0. The fourth-order valence-corrected chi connectivity index (χ4v) is 2.80. The van der Waals surface area contributed by atoms with Crippen molar-refractivity contribution < 1.29 is 4.74 Å². The number of H-pyrrole nitrogens is 1. The molecule has 5 heteroatoms. The number of hydrogen-bond acceptors (Lipinski definition) is 4. The summed E-state index contributed by atoms with van der Waals surface area (Å²) in [5, 5.41) is 3.97. The third-order valence-corrected chi connectivity index (χ3v) is 4.19. The first kappa shape index (κ1) is 14.8. The lowest BCUT2D eigenvalue weighted by molar-refractivity contribution is 0.340. The maximum atomic E-state index is 13.0. The predicted octanol–water partition coefficient (Wildman–Crippen LogP) is 3.56. The normalized spacial score (nSPS) is 13.9. The highest BCUT2D eigenvalue weighted by Gasteiger charge is 2.23. The van der Waals surface area contributed by atoms with E-state index in [2.05, 4.69) is 15.3 Å². The Bertz CT molecular complexity index is 927. The standard InChI is InChI=1S/C19H19N3O2/c1-2-24-14-7-3-12(4-8-14)15-11-21-16-9-10-20-19(17(16)18(15)23)22-13-5-6-13/h3-4,7-11,13H,2,5-6H2,1H3,(H,20,22)(H,21,23). The Morgan fingerprint density at radius 2 is 2.04 bits per heavy atom. The number of nitrogens with one attached hydrogen (secondary N) is 2. The molecular weight excluding hydrogens is 302 g/mol. The van der Waals surface area contributed by atoms with Gasteiger partial charge in [-0.2, -0.15) is 0 Å². The number of ether oxygens (including phenoxy) is 1. The van der Waals surface area contributed by atoms with Gasteiger partial charge in [-0.3, -0.25) is 4.79 Å². The molecule has 0 saturated heterocycles. The monoisotopic (exact) mass is 321 g/mol. The first-order valence-electron chi connectivity index (χ1n) is 8.26. The van der Waals surface area contributed by atoms with Crippen molar-refractivity contribution in [1.82, 2.24) is 9.97 Å². The van der Waals surface area contributed by atoms with Gasteiger partial charge in [-0.05, 0) is 43.5 Å². The summed E-state index contributed by atoms with van der Waals surface area (Å²) < 4.78 is 5.46. The van der Waals surface area contributed by atoms with Crippen LogP contribution in [-0.2, 0) is 0 Å². The maximum absolute atomic E-state index is 13.0. The van der Waals surface area contributed by atoms with E-state index in [1.54, 1.807) is 12.4 Å². The largest absolute Gasteiger partial charge is 0.494 e. The molecule has 2 aromatic heterocycles. The van der Waals surface area contributed by atoms with Crippen molar-refractivity contribution in [2.45, 2.75) is 25.8 Å². The second-order valence-electron chi connectivity index (χ2n) is 5.99. The van der Waals surface area contributed by atoms with Crippen LogP contribution in [0.1, 0.15) is 19.8 Å². The van der Waals surface area contributed by atoms with E-state index in [0.29, 0.717) is 29.4 Å². The summed E-state index contributed by atoms with van der Waals surface area (Å²) in [6.07, 6.45) is 5.75. The Morgan fingerprint density at radius 1 is 1.25 bits per heavy atom. The van der Waals surface area contributed by atoms with Gasteiger partial charge < -0.3 is 15.0 Å². The number of nitrogens with zero attached hydrogens (tertiary/aromatic N) is 1. The Kier molecular flexibility index (Phi) is 3.69. The molecule has 5 nitrogen and oxygen atoms in total. The average Bonchev–Trinajstić information content (AvgIpc) is 3.41. The van der Waals surface area contributed by atoms with Gasteiger partial charge in [-0.1, -0.05) is 12.1 Å². The summed E-state index contributed by atoms with van der Waals surface area (Å²) in [4.78, 5) is 20.6. The Morgan fingerprint density at radius 3 is 2.75 bits per heavy atom. The second kappa shape index (κ2) is 6.00. The lowest BCUT2D eigenvalue weighted by Crippen LogP contribution is -2.12. The van der Waals surface area contributed by atoms with Crippen molar-refractivity contribution in [2.24, 2.45) is 0 Å². The van der Waals surface area contributed by atoms with Gasteiger partial charge in [0.25, 0.3) is 0 Å². The van der Waals surface area contributed by atoms with Crippen molar-refractivity contribution in [2.75, 3.05) is 11.9 Å². The number of aromatic amines is 1. The highest BCUT2D eigenvalue weighted by molar-refractivity contribution is 5.92. The van der Waals surface area contributed by atoms with Crippen molar-refractivity contribution in [3.8, 4) is 16.9 Å². The van der Waals surface area contributed by atoms with E-state index in [0.717, 1.165) is 29.7 Å². The molecule has 3 aromatic rings. The molecule has 122 valence electrons. The maximum Gasteiger partial charge on any atom is 0.200 e. The molecule has 24 heavy (non-hydrogen) atoms. The minimum Gasteiger partial charge on any atom is -0.494 e. The van der Waals surface area contributed by atoms with Gasteiger partial charge >= 0.3 is 0 Å². The van der Waals surface area contributed by atoms with Gasteiger partial charge in [0.2, 0.25) is 5.43 Å². The minimum absolute atomic E-state index is 0.0100. The average molecular weight is 321 g/mol. The molecule has 1 aliphatic carbocycles. The summed E-state index contributed by atoms with van der Waals surface area (Å²) in [7, 11) is 0. The van der Waals surface area contributed by atoms with Crippen LogP contribution in [0.3, 0.4) is 0 Å². The van der Waals surface area contributed by atoms with Crippen molar-refractivity contribution >= 4 is 16.7 Å². The molecular formula is C19H19N3O2. The Balaban J connectivity index is 1.81. The number of anilines is 1. The van der Waals surface area contributed by atoms with E-state index in [1.807, 2.05) is 37.3 Å². The van der Waals surface area contributed by atoms with Crippen LogP contribution in [0.5, 0.6) is 5.75 Å². The minimum atomic E-state index is -0.0100. The van der Waals surface area contributed by atoms with Crippen LogP contribution in [0.2, 0.25) is 0 Å². The predicted molar refractivity (Wildman–Crippen MR) is 95.6 cm³/mol. The lowest BCUT2D eigenvalue weighted by atomic mass is 10.0. The lowest BCUT2D eigenvalue weighted by Gasteiger charge is -2.09. The zero-order chi connectivity index (χ0) is 16.5. The number of rotatable bonds is 5. The summed E-state index contributed by atoms with van der Waals surface area (Å²) in [6, 6.07) is 9.86. The third kappa shape index (κ3) is 2.73. The highest BCUT2D eigenvalue weighted by atomic mass is 16.5. The first-order chi connectivity index (χ1) is 11.8. The van der Waals surface area contributed by atoms with E-state index in [-0.39, 0.29) is 5.43 Å². The molecule has 2 heterocycles. The number of fused-ring (bicyclic) bond motifs is 1. The quantitative estimate of drug-likeness (QED) is 0.754. The molecule has 0 amide bonds. The van der Waals surface area contributed by atoms with E-state index in [1.165, 1.54) is 0 Å². The SMILES string of the molecule is CCOc1ccc(-c2c[nH]c3ccnc(NC4CC4)c3c2=O)cc1. The summed E-state index contributed by atoms with van der Waals surface area (Å²) in [6.45, 7) is 2.57. The van der Waals surface area contributed by atoms with Gasteiger partial charge in [0.15, 0.2) is 0 Å². The molecule has 0 bridgehead atoms. The van der Waals surface area contributed by atoms with Gasteiger partial charge in [0.1, 0.15) is 11.6 Å². The van der Waals surface area contributed by atoms with Gasteiger partial charge in [0, 0.05) is 24.0 Å². The summed E-state index contributed by atoms with van der Waals surface area (Å²) in [5.74, 6) is 1.47. The van der Waals surface area contributed by atoms with Gasteiger partial charge in [-0.25, -0.2) is 4.98 Å². The summed E-state index contributed by atoms with van der Waals surface area (Å²) in [5.41, 5.74) is 2.29. The first-order valence-corrected chi connectivity index (χ1v) is 8.26. The van der Waals surface area contributed by atoms with Crippen LogP contribution < -0.4 is 15.5 Å². The third-order valence-electron chi connectivity index (χ3n) is 4.19. The van der Waals surface area contributed by atoms with E-state index in [4.69, 9.17) is 4.74 Å². The number of pyridine rings is 2. The van der Waals surface area contributed by atoms with Crippen molar-refractivity contribution in [3.63, 3.8) is 0 Å². The molecule has 1 aliphatic rings. The van der Waals surface area contributed by atoms with Gasteiger partial charge in [-0.15, -0.1) is 0 Å². The zero-order valence-corrected chi connectivity index (χ0v) is 13.5. The topological polar surface area (TPSA) is 67.0 Å². The molecule has 0 radical (unpaired) electrons. The molecule has 1 saturated carbocycles. The second-order valence-corrected chi connectivity index (χ2v) is 5.99. The molecule has 0 atom stereocenters. The van der Waals surface area contributed by atoms with E-state index >= 15 is 0 Å². The molecule has 1 fully saturated rings. The van der Waals surface area contributed by atoms with Crippen LogP contribution in [0.4, 0.5) is 5.82 Å². The Hall–Kier alpha value is -2.82. The number of hydrogen-bond donors (Lipinski definition) is 2. The van der Waals surface area contributed by atoms with Crippen molar-refractivity contribution in [1.29, 1.82) is 0 Å². The fourth-order valence-electron chi connectivity index (χ4n) is 2.80. The molecule has 1 aromatic carbocycles. The van der Waals surface area contributed by atoms with Crippen molar-refractivity contribution in [3.05, 3.63) is 52.9 Å². The van der Waals surface area contributed by atoms with Gasteiger partial charge in [0.05, 0.1) is 17.5 Å². The smallest absolute Gasteiger partial charge is 0.200 e. The number of aromatic nitrogens is 2. The van der Waals surface area contributed by atoms with Crippen LogP contribution in [0.25, 0.3) is 22.0 Å². The van der Waals surface area contributed by atoms with E-state index in [9.17, 15) is 4.79 Å². The van der Waals surface area contributed by atoms with Crippen LogP contribution >= 0.6 is 0 Å². The zero-order valence-electron chi connectivity index (χ0n) is 13.5. The number of benzene rings is 1. The molecule has 4 rings (SSSR count). The molecule has 0 spiro atoms. The fraction of sp³-hybridized carbons (Fsp3) is 0.263. The van der Waals surface area contributed by atoms with Crippen LogP contribution in [-0.4, -0.2) is 22.6 Å².